The molecular weight excluding hydrogens is 406 g/mol. The van der Waals surface area contributed by atoms with Crippen LogP contribution in [0.4, 0.5) is 11.5 Å². The van der Waals surface area contributed by atoms with E-state index in [1.54, 1.807) is 0 Å². The van der Waals surface area contributed by atoms with Crippen LogP contribution in [0.3, 0.4) is 0 Å². The summed E-state index contributed by atoms with van der Waals surface area (Å²) in [6.45, 7) is 6.41. The van der Waals surface area contributed by atoms with Gasteiger partial charge in [-0.25, -0.2) is 4.98 Å². The third kappa shape index (κ3) is 5.78. The Kier molecular flexibility index (Phi) is 7.04. The van der Waals surface area contributed by atoms with Gasteiger partial charge in [0, 0.05) is 17.1 Å². The van der Waals surface area contributed by atoms with Crippen molar-refractivity contribution in [3.63, 3.8) is 0 Å². The lowest BCUT2D eigenvalue weighted by Gasteiger charge is -2.16. The summed E-state index contributed by atoms with van der Waals surface area (Å²) in [5, 5.41) is 7.39. The zero-order valence-electron chi connectivity index (χ0n) is 19.5. The van der Waals surface area contributed by atoms with E-state index in [0.717, 1.165) is 29.4 Å². The minimum absolute atomic E-state index is 0.0598. The van der Waals surface area contributed by atoms with Gasteiger partial charge in [0.15, 0.2) is 0 Å². The molecule has 33 heavy (non-hydrogen) atoms. The van der Waals surface area contributed by atoms with E-state index in [1.807, 2.05) is 48.5 Å². The van der Waals surface area contributed by atoms with Crippen molar-refractivity contribution in [3.05, 3.63) is 102 Å². The fraction of sp³-hybridized carbons (Fsp3) is 0.241. The van der Waals surface area contributed by atoms with Crippen LogP contribution < -0.4 is 10.6 Å². The summed E-state index contributed by atoms with van der Waals surface area (Å²) in [4.78, 5) is 18.0. The average molecular weight is 438 g/mol. The normalized spacial score (nSPS) is 12.0. The fourth-order valence-electron chi connectivity index (χ4n) is 3.93. The van der Waals surface area contributed by atoms with Gasteiger partial charge in [0.2, 0.25) is 0 Å². The molecule has 0 saturated heterocycles. The number of aromatic nitrogens is 1. The van der Waals surface area contributed by atoms with Crippen LogP contribution in [0.15, 0.2) is 84.9 Å². The summed E-state index contributed by atoms with van der Waals surface area (Å²) in [6.07, 6.45) is 1.81. The lowest BCUT2D eigenvalue weighted by molar-refractivity contribution is 0.0940. The third-order valence-electron chi connectivity index (χ3n) is 5.90. The number of benzene rings is 3. The first kappa shape index (κ1) is 22.5. The number of carbonyl (C=O) groups is 1. The van der Waals surface area contributed by atoms with Crippen molar-refractivity contribution in [3.8, 4) is 0 Å². The van der Waals surface area contributed by atoms with Crippen molar-refractivity contribution in [2.24, 2.45) is 0 Å². The Morgan fingerprint density at radius 2 is 1.58 bits per heavy atom. The van der Waals surface area contributed by atoms with Gasteiger partial charge in [-0.1, -0.05) is 74.5 Å². The molecule has 1 aromatic heterocycles. The number of nitrogens with one attached hydrogen (secondary N) is 2. The summed E-state index contributed by atoms with van der Waals surface area (Å²) >= 11 is 0. The molecule has 2 N–H and O–H groups in total. The molecule has 0 saturated carbocycles. The molecule has 4 heteroatoms. The number of amides is 1. The van der Waals surface area contributed by atoms with Crippen molar-refractivity contribution in [2.75, 3.05) is 5.32 Å². The highest BCUT2D eigenvalue weighted by molar-refractivity contribution is 6.07. The predicted octanol–water partition coefficient (Wildman–Crippen LogP) is 6.85. The van der Waals surface area contributed by atoms with E-state index < -0.39 is 0 Å². The number of nitrogens with zero attached hydrogens (tertiary/aromatic N) is 1. The lowest BCUT2D eigenvalue weighted by Crippen LogP contribution is -2.33. The molecule has 4 aromatic rings. The molecule has 1 heterocycles. The Morgan fingerprint density at radius 3 is 2.30 bits per heavy atom. The second-order valence-corrected chi connectivity index (χ2v) is 8.87. The number of carbonyl (C=O) groups excluding carboxylic acids is 1. The molecule has 0 aliphatic carbocycles. The number of anilines is 2. The highest BCUT2D eigenvalue weighted by atomic mass is 16.1. The number of hydrogen-bond acceptors (Lipinski definition) is 3. The number of para-hydroxylation sites is 1. The van der Waals surface area contributed by atoms with Crippen LogP contribution in [0.5, 0.6) is 0 Å². The summed E-state index contributed by atoms with van der Waals surface area (Å²) < 4.78 is 0. The number of hydrogen-bond donors (Lipinski definition) is 2. The molecule has 1 amide bonds. The van der Waals surface area contributed by atoms with E-state index >= 15 is 0 Å². The highest BCUT2D eigenvalue weighted by Crippen LogP contribution is 2.25. The maximum Gasteiger partial charge on any atom is 0.252 e. The Balaban J connectivity index is 1.52. The fourth-order valence-corrected chi connectivity index (χ4v) is 3.93. The quantitative estimate of drug-likeness (QED) is 0.317. The van der Waals surface area contributed by atoms with Crippen LogP contribution in [0, 0.1) is 0 Å². The smallest absolute Gasteiger partial charge is 0.252 e. The first-order chi connectivity index (χ1) is 16.0. The van der Waals surface area contributed by atoms with E-state index in [1.165, 1.54) is 11.1 Å². The van der Waals surface area contributed by atoms with Gasteiger partial charge in [-0.05, 0) is 61.1 Å². The standard InChI is InChI=1S/C29H31N3O/c1-20(2)23-15-17-24(18-16-23)31-28-19-26(25-11-7-8-12-27(25)32-28)29(33)30-21(3)13-14-22-9-5-4-6-10-22/h4-12,15-21H,13-14H2,1-3H3,(H,30,33)(H,31,32)/t21-/m1/s1. The molecule has 0 radical (unpaired) electrons. The molecule has 0 spiro atoms. The van der Waals surface area contributed by atoms with Crippen molar-refractivity contribution in [2.45, 2.75) is 45.6 Å². The second kappa shape index (κ2) is 10.3. The van der Waals surface area contributed by atoms with Gasteiger partial charge in [-0.15, -0.1) is 0 Å². The molecule has 4 nitrogen and oxygen atoms in total. The van der Waals surface area contributed by atoms with Gasteiger partial charge in [0.1, 0.15) is 5.82 Å². The van der Waals surface area contributed by atoms with Gasteiger partial charge in [-0.2, -0.15) is 0 Å². The Morgan fingerprint density at radius 1 is 0.879 bits per heavy atom. The Labute approximate surface area is 196 Å². The van der Waals surface area contributed by atoms with E-state index in [2.05, 4.69) is 67.8 Å². The van der Waals surface area contributed by atoms with Crippen LogP contribution >= 0.6 is 0 Å². The van der Waals surface area contributed by atoms with Crippen LogP contribution in [-0.4, -0.2) is 16.9 Å². The monoisotopic (exact) mass is 437 g/mol. The molecule has 4 rings (SSSR count). The zero-order chi connectivity index (χ0) is 23.2. The molecule has 3 aromatic carbocycles. The van der Waals surface area contributed by atoms with E-state index in [4.69, 9.17) is 4.98 Å². The molecule has 168 valence electrons. The maximum atomic E-state index is 13.2. The summed E-state index contributed by atoms with van der Waals surface area (Å²) in [7, 11) is 0. The molecular formula is C29H31N3O. The van der Waals surface area contributed by atoms with E-state index in [0.29, 0.717) is 17.3 Å². The van der Waals surface area contributed by atoms with Crippen LogP contribution in [-0.2, 0) is 6.42 Å². The van der Waals surface area contributed by atoms with E-state index in [9.17, 15) is 4.79 Å². The summed E-state index contributed by atoms with van der Waals surface area (Å²) in [6, 6.07) is 28.4. The third-order valence-corrected chi connectivity index (χ3v) is 5.90. The topological polar surface area (TPSA) is 54.0 Å². The van der Waals surface area contributed by atoms with Crippen LogP contribution in [0.25, 0.3) is 10.9 Å². The van der Waals surface area contributed by atoms with Gasteiger partial charge in [0.05, 0.1) is 11.1 Å². The van der Waals surface area contributed by atoms with Crippen molar-refractivity contribution in [1.82, 2.24) is 10.3 Å². The summed E-state index contributed by atoms with van der Waals surface area (Å²) in [5.41, 5.74) is 4.95. The first-order valence-electron chi connectivity index (χ1n) is 11.6. The van der Waals surface area contributed by atoms with Crippen LogP contribution in [0.2, 0.25) is 0 Å². The van der Waals surface area contributed by atoms with Crippen LogP contribution in [0.1, 0.15) is 54.6 Å². The minimum atomic E-state index is -0.0765. The lowest BCUT2D eigenvalue weighted by atomic mass is 10.0. The van der Waals surface area contributed by atoms with Gasteiger partial charge in [0.25, 0.3) is 5.91 Å². The maximum absolute atomic E-state index is 13.2. The number of aryl methyl sites for hydroxylation is 1. The Hall–Kier alpha value is -3.66. The molecule has 0 aliphatic heterocycles. The van der Waals surface area contributed by atoms with Gasteiger partial charge < -0.3 is 10.6 Å². The number of rotatable bonds is 8. The zero-order valence-corrected chi connectivity index (χ0v) is 19.5. The first-order valence-corrected chi connectivity index (χ1v) is 11.6. The number of fused-ring (bicyclic) bond motifs is 1. The highest BCUT2D eigenvalue weighted by Gasteiger charge is 2.15. The van der Waals surface area contributed by atoms with Gasteiger partial charge in [-0.3, -0.25) is 4.79 Å². The Bertz CT molecular complexity index is 1220. The number of pyridine rings is 1. The average Bonchev–Trinajstić information content (AvgIpc) is 2.83. The molecule has 0 fully saturated rings. The largest absolute Gasteiger partial charge is 0.350 e. The molecule has 0 unspecified atom stereocenters. The molecule has 1 atom stereocenters. The van der Waals surface area contributed by atoms with Crippen molar-refractivity contribution in [1.29, 1.82) is 0 Å². The molecule has 0 bridgehead atoms. The van der Waals surface area contributed by atoms with E-state index in [-0.39, 0.29) is 11.9 Å². The van der Waals surface area contributed by atoms with Crippen molar-refractivity contribution < 1.29 is 4.79 Å². The summed E-state index contributed by atoms with van der Waals surface area (Å²) in [5.74, 6) is 1.07. The SMILES string of the molecule is CC(C)c1ccc(Nc2cc(C(=O)N[C@H](C)CCc3ccccc3)c3ccccc3n2)cc1. The van der Waals surface area contributed by atoms with Crippen molar-refractivity contribution >= 4 is 28.3 Å². The predicted molar refractivity (Wildman–Crippen MR) is 137 cm³/mol. The molecule has 0 aliphatic rings. The van der Waals surface area contributed by atoms with Gasteiger partial charge >= 0.3 is 0 Å². The minimum Gasteiger partial charge on any atom is -0.350 e. The second-order valence-electron chi connectivity index (χ2n) is 8.87.